The van der Waals surface area contributed by atoms with E-state index in [1.54, 1.807) is 29.7 Å². The second-order valence-electron chi connectivity index (χ2n) is 6.38. The van der Waals surface area contributed by atoms with Crippen LogP contribution < -0.4 is 10.6 Å². The van der Waals surface area contributed by atoms with Crippen LogP contribution in [-0.4, -0.2) is 23.0 Å². The third-order valence-electron chi connectivity index (χ3n) is 4.30. The number of para-hydroxylation sites is 1. The molecule has 0 aliphatic rings. The minimum atomic E-state index is 0.0748. The molecule has 1 amide bonds. The van der Waals surface area contributed by atoms with Crippen LogP contribution in [0.25, 0.3) is 10.4 Å². The van der Waals surface area contributed by atoms with Crippen molar-refractivity contribution in [2.45, 2.75) is 58.4 Å². The van der Waals surface area contributed by atoms with Crippen LogP contribution in [0.5, 0.6) is 5.75 Å². The van der Waals surface area contributed by atoms with Gasteiger partial charge in [0.2, 0.25) is 6.41 Å². The summed E-state index contributed by atoms with van der Waals surface area (Å²) in [6, 6.07) is 5.30. The lowest BCUT2D eigenvalue weighted by molar-refractivity contribution is -0.105. The van der Waals surface area contributed by atoms with E-state index in [4.69, 9.17) is 0 Å². The molecule has 0 fully saturated rings. The fourth-order valence-electron chi connectivity index (χ4n) is 2.84. The lowest BCUT2D eigenvalue weighted by atomic mass is 10.1. The summed E-state index contributed by atoms with van der Waals surface area (Å²) in [5, 5.41) is 17.2. The van der Waals surface area contributed by atoms with Crippen molar-refractivity contribution in [3.8, 4) is 16.2 Å². The van der Waals surface area contributed by atoms with Crippen molar-refractivity contribution in [3.05, 3.63) is 29.4 Å². The van der Waals surface area contributed by atoms with E-state index in [0.29, 0.717) is 17.7 Å². The highest BCUT2D eigenvalue weighted by atomic mass is 32.1. The van der Waals surface area contributed by atoms with Gasteiger partial charge in [0.05, 0.1) is 10.6 Å². The Morgan fingerprint density at radius 2 is 1.92 bits per heavy atom. The van der Waals surface area contributed by atoms with E-state index in [1.165, 1.54) is 44.9 Å². The number of phenols is 1. The molecule has 0 spiro atoms. The molecule has 3 N–H and O–H groups in total. The number of rotatable bonds is 13. The van der Waals surface area contributed by atoms with Gasteiger partial charge in [-0.3, -0.25) is 4.79 Å². The SMILES string of the molecule is CCCCCCCCCNCc1ncc(-c2cccc(NC=O)c2O)s1. The quantitative estimate of drug-likeness (QED) is 0.264. The second-order valence-corrected chi connectivity index (χ2v) is 7.50. The number of carbonyl (C=O) groups excluding carboxylic acids is 1. The van der Waals surface area contributed by atoms with Gasteiger partial charge >= 0.3 is 0 Å². The maximum Gasteiger partial charge on any atom is 0.211 e. The van der Waals surface area contributed by atoms with Crippen LogP contribution in [-0.2, 0) is 11.3 Å². The van der Waals surface area contributed by atoms with Gasteiger partial charge in [-0.05, 0) is 25.1 Å². The number of hydrogen-bond donors (Lipinski definition) is 3. The minimum absolute atomic E-state index is 0.0748. The number of aromatic nitrogens is 1. The van der Waals surface area contributed by atoms with E-state index in [0.717, 1.165) is 23.0 Å². The van der Waals surface area contributed by atoms with Gasteiger partial charge in [0.25, 0.3) is 0 Å². The van der Waals surface area contributed by atoms with Crippen molar-refractivity contribution >= 4 is 23.4 Å². The fourth-order valence-corrected chi connectivity index (χ4v) is 3.75. The van der Waals surface area contributed by atoms with Crippen LogP contribution >= 0.6 is 11.3 Å². The Hall–Kier alpha value is -1.92. The first kappa shape index (κ1) is 20.4. The van der Waals surface area contributed by atoms with Crippen molar-refractivity contribution in [2.24, 2.45) is 0 Å². The van der Waals surface area contributed by atoms with E-state index in [2.05, 4.69) is 22.5 Å². The number of unbranched alkanes of at least 4 members (excludes halogenated alkanes) is 6. The predicted molar refractivity (Wildman–Crippen MR) is 109 cm³/mol. The maximum atomic E-state index is 10.6. The zero-order chi connectivity index (χ0) is 18.6. The number of hydrogen-bond acceptors (Lipinski definition) is 5. The summed E-state index contributed by atoms with van der Waals surface area (Å²) in [6.45, 7) is 3.99. The molecule has 0 aliphatic carbocycles. The zero-order valence-electron chi connectivity index (χ0n) is 15.5. The summed E-state index contributed by atoms with van der Waals surface area (Å²) in [5.41, 5.74) is 1.09. The molecule has 26 heavy (non-hydrogen) atoms. The van der Waals surface area contributed by atoms with E-state index < -0.39 is 0 Å². The summed E-state index contributed by atoms with van der Waals surface area (Å²) >= 11 is 1.55. The molecule has 0 aliphatic heterocycles. The van der Waals surface area contributed by atoms with Crippen molar-refractivity contribution in [1.29, 1.82) is 0 Å². The van der Waals surface area contributed by atoms with E-state index in [9.17, 15) is 9.90 Å². The van der Waals surface area contributed by atoms with Gasteiger partial charge < -0.3 is 15.7 Å². The van der Waals surface area contributed by atoms with Crippen LogP contribution in [0.1, 0.15) is 56.9 Å². The first-order valence-corrected chi connectivity index (χ1v) is 10.3. The Morgan fingerprint density at radius 1 is 1.15 bits per heavy atom. The first-order valence-electron chi connectivity index (χ1n) is 9.44. The molecule has 0 radical (unpaired) electrons. The summed E-state index contributed by atoms with van der Waals surface area (Å²) in [6.07, 6.45) is 11.5. The summed E-state index contributed by atoms with van der Waals surface area (Å²) in [5.74, 6) is 0.0748. The molecule has 2 rings (SSSR count). The highest BCUT2D eigenvalue weighted by molar-refractivity contribution is 7.15. The van der Waals surface area contributed by atoms with Crippen molar-refractivity contribution in [3.63, 3.8) is 0 Å². The van der Waals surface area contributed by atoms with Gasteiger partial charge in [-0.2, -0.15) is 0 Å². The zero-order valence-corrected chi connectivity index (χ0v) is 16.3. The lowest BCUT2D eigenvalue weighted by Crippen LogP contribution is -2.14. The number of phenolic OH excluding ortho intramolecular Hbond substituents is 1. The monoisotopic (exact) mass is 375 g/mol. The summed E-state index contributed by atoms with van der Waals surface area (Å²) in [4.78, 5) is 15.9. The van der Waals surface area contributed by atoms with Gasteiger partial charge in [0.1, 0.15) is 10.8 Å². The van der Waals surface area contributed by atoms with Crippen LogP contribution in [0.15, 0.2) is 24.4 Å². The summed E-state index contributed by atoms with van der Waals surface area (Å²) < 4.78 is 0. The number of aromatic hydroxyl groups is 1. The second kappa shape index (κ2) is 11.6. The lowest BCUT2D eigenvalue weighted by Gasteiger charge is -2.06. The average molecular weight is 376 g/mol. The standard InChI is InChI=1S/C20H29N3O2S/c1-2-3-4-5-6-7-8-12-21-14-19-22-13-18(26-19)16-10-9-11-17(20(16)25)23-15-24/h9-11,13,15,21,25H,2-8,12,14H2,1H3,(H,23,24). The summed E-state index contributed by atoms with van der Waals surface area (Å²) in [7, 11) is 0. The molecule has 1 heterocycles. The molecule has 0 bridgehead atoms. The molecule has 142 valence electrons. The average Bonchev–Trinajstić information content (AvgIpc) is 3.11. The van der Waals surface area contributed by atoms with Crippen LogP contribution in [0.2, 0.25) is 0 Å². The van der Waals surface area contributed by atoms with E-state index in [-0.39, 0.29) is 5.75 Å². The molecule has 0 saturated carbocycles. The Bertz CT molecular complexity index is 673. The molecule has 1 aromatic carbocycles. The number of nitrogens with zero attached hydrogens (tertiary/aromatic N) is 1. The Labute approximate surface area is 159 Å². The van der Waals surface area contributed by atoms with E-state index >= 15 is 0 Å². The topological polar surface area (TPSA) is 74.2 Å². The molecule has 2 aromatic rings. The fraction of sp³-hybridized carbons (Fsp3) is 0.500. The van der Waals surface area contributed by atoms with Crippen molar-refractivity contribution in [2.75, 3.05) is 11.9 Å². The normalized spacial score (nSPS) is 10.8. The Morgan fingerprint density at radius 3 is 2.69 bits per heavy atom. The predicted octanol–water partition coefficient (Wildman–Crippen LogP) is 4.92. The number of anilines is 1. The highest BCUT2D eigenvalue weighted by Crippen LogP contribution is 2.37. The molecular formula is C20H29N3O2S. The van der Waals surface area contributed by atoms with Gasteiger partial charge in [-0.1, -0.05) is 51.5 Å². The Balaban J connectivity index is 1.75. The number of benzene rings is 1. The van der Waals surface area contributed by atoms with Gasteiger partial charge in [0.15, 0.2) is 0 Å². The molecular weight excluding hydrogens is 346 g/mol. The van der Waals surface area contributed by atoms with E-state index in [1.807, 2.05) is 6.07 Å². The first-order chi connectivity index (χ1) is 12.8. The largest absolute Gasteiger partial charge is 0.505 e. The number of thiazole rings is 1. The van der Waals surface area contributed by atoms with Crippen molar-refractivity contribution < 1.29 is 9.90 Å². The van der Waals surface area contributed by atoms with Gasteiger partial charge in [0, 0.05) is 18.3 Å². The molecule has 0 unspecified atom stereocenters. The molecule has 6 heteroatoms. The minimum Gasteiger partial charge on any atom is -0.505 e. The van der Waals surface area contributed by atoms with Crippen LogP contribution in [0, 0.1) is 0 Å². The van der Waals surface area contributed by atoms with Gasteiger partial charge in [-0.25, -0.2) is 4.98 Å². The van der Waals surface area contributed by atoms with Crippen molar-refractivity contribution in [1.82, 2.24) is 10.3 Å². The molecule has 0 saturated heterocycles. The third kappa shape index (κ3) is 6.42. The third-order valence-corrected chi connectivity index (χ3v) is 5.33. The Kier molecular flexibility index (Phi) is 9.14. The molecule has 0 atom stereocenters. The highest BCUT2D eigenvalue weighted by Gasteiger charge is 2.11. The number of nitrogens with one attached hydrogen (secondary N) is 2. The van der Waals surface area contributed by atoms with Crippen LogP contribution in [0.3, 0.4) is 0 Å². The number of amides is 1. The number of carbonyl (C=O) groups is 1. The van der Waals surface area contributed by atoms with Crippen LogP contribution in [0.4, 0.5) is 5.69 Å². The maximum absolute atomic E-state index is 10.6. The molecule has 1 aromatic heterocycles. The molecule has 5 nitrogen and oxygen atoms in total. The van der Waals surface area contributed by atoms with Gasteiger partial charge in [-0.15, -0.1) is 11.3 Å². The smallest absolute Gasteiger partial charge is 0.211 e.